The van der Waals surface area contributed by atoms with Gasteiger partial charge in [0.1, 0.15) is 0 Å². The molecule has 0 saturated heterocycles. The van der Waals surface area contributed by atoms with E-state index in [2.05, 4.69) is 0 Å². The fourth-order valence-electron chi connectivity index (χ4n) is 1.24. The van der Waals surface area contributed by atoms with Crippen molar-refractivity contribution >= 4 is 21.4 Å². The molecule has 1 heterocycles. The minimum atomic E-state index is -0.465. The van der Waals surface area contributed by atoms with E-state index in [9.17, 15) is 8.78 Å². The summed E-state index contributed by atoms with van der Waals surface area (Å²) >= 11 is 0.977. The molecule has 0 amide bonds. The molecule has 13 heavy (non-hydrogen) atoms. The highest BCUT2D eigenvalue weighted by Crippen LogP contribution is 2.33. The number of methoxy groups -OCH3 is 1. The molecule has 1 aromatic carbocycles. The van der Waals surface area contributed by atoms with Gasteiger partial charge in [0.2, 0.25) is 0 Å². The van der Waals surface area contributed by atoms with E-state index >= 15 is 0 Å². The number of ether oxygens (including phenoxy) is 1. The van der Waals surface area contributed by atoms with Gasteiger partial charge in [0.15, 0.2) is 16.7 Å². The lowest BCUT2D eigenvalue weighted by Crippen LogP contribution is -1.87. The van der Waals surface area contributed by atoms with Gasteiger partial charge >= 0.3 is 0 Å². The largest absolute Gasteiger partial charge is 0.493 e. The maximum absolute atomic E-state index is 13.1. The molecular formula is C9H6F2OS. The lowest BCUT2D eigenvalue weighted by atomic mass is 10.2. The van der Waals surface area contributed by atoms with Crippen LogP contribution in [0.2, 0.25) is 0 Å². The molecule has 0 aliphatic carbocycles. The van der Waals surface area contributed by atoms with Gasteiger partial charge in [-0.2, -0.15) is 4.39 Å². The van der Waals surface area contributed by atoms with Crippen molar-refractivity contribution in [3.8, 4) is 5.75 Å². The van der Waals surface area contributed by atoms with Crippen LogP contribution in [-0.2, 0) is 0 Å². The number of halogens is 2. The molecule has 2 rings (SSSR count). The Balaban J connectivity index is 2.82. The van der Waals surface area contributed by atoms with E-state index in [-0.39, 0.29) is 10.9 Å². The molecule has 0 N–H and O–H groups in total. The zero-order chi connectivity index (χ0) is 9.42. The minimum absolute atomic E-state index is 0.109. The third-order valence-electron chi connectivity index (χ3n) is 1.78. The highest BCUT2D eigenvalue weighted by molar-refractivity contribution is 7.17. The second-order valence-corrected chi connectivity index (χ2v) is 3.58. The summed E-state index contributed by atoms with van der Waals surface area (Å²) in [5.41, 5.74) is 0. The minimum Gasteiger partial charge on any atom is -0.493 e. The van der Waals surface area contributed by atoms with Crippen LogP contribution < -0.4 is 4.74 Å². The summed E-state index contributed by atoms with van der Waals surface area (Å²) in [6, 6.07) is 4.10. The first kappa shape index (κ1) is 8.44. The molecule has 0 atom stereocenters. The van der Waals surface area contributed by atoms with Crippen LogP contribution in [0.1, 0.15) is 0 Å². The first-order valence-electron chi connectivity index (χ1n) is 3.64. The molecule has 0 fully saturated rings. The van der Waals surface area contributed by atoms with Gasteiger partial charge in [-0.1, -0.05) is 0 Å². The summed E-state index contributed by atoms with van der Waals surface area (Å²) in [6.07, 6.45) is 0. The Morgan fingerprint density at radius 1 is 1.31 bits per heavy atom. The first-order valence-corrected chi connectivity index (χ1v) is 4.45. The molecule has 4 heteroatoms. The molecule has 0 aliphatic rings. The number of rotatable bonds is 1. The third kappa shape index (κ3) is 1.27. The molecular weight excluding hydrogens is 194 g/mol. The van der Waals surface area contributed by atoms with Crippen LogP contribution in [0.4, 0.5) is 8.78 Å². The van der Waals surface area contributed by atoms with Gasteiger partial charge in [0, 0.05) is 10.1 Å². The predicted octanol–water partition coefficient (Wildman–Crippen LogP) is 3.19. The summed E-state index contributed by atoms with van der Waals surface area (Å²) in [7, 11) is 1.37. The lowest BCUT2D eigenvalue weighted by Gasteiger charge is -2.01. The van der Waals surface area contributed by atoms with Crippen LogP contribution in [0.3, 0.4) is 0 Å². The summed E-state index contributed by atoms with van der Waals surface area (Å²) in [5.74, 6) is -0.356. The van der Waals surface area contributed by atoms with Gasteiger partial charge in [-0.3, -0.25) is 0 Å². The lowest BCUT2D eigenvalue weighted by molar-refractivity contribution is 0.392. The number of hydrogen-bond acceptors (Lipinski definition) is 2. The van der Waals surface area contributed by atoms with Crippen molar-refractivity contribution < 1.29 is 13.5 Å². The van der Waals surface area contributed by atoms with Crippen molar-refractivity contribution in [3.05, 3.63) is 29.1 Å². The van der Waals surface area contributed by atoms with Crippen molar-refractivity contribution in [2.45, 2.75) is 0 Å². The van der Waals surface area contributed by atoms with Gasteiger partial charge in [-0.05, 0) is 18.2 Å². The summed E-state index contributed by atoms with van der Waals surface area (Å²) in [4.78, 5) is 0. The highest BCUT2D eigenvalue weighted by Gasteiger charge is 2.10. The van der Waals surface area contributed by atoms with Crippen LogP contribution in [0, 0.1) is 10.9 Å². The molecule has 2 aromatic rings. The van der Waals surface area contributed by atoms with E-state index in [4.69, 9.17) is 4.74 Å². The maximum Gasteiger partial charge on any atom is 0.177 e. The monoisotopic (exact) mass is 200 g/mol. The standard InChI is InChI=1S/C9H6F2OS/c1-12-9-5-4-8(11)13-7(5)3-2-6(9)10/h2-4H,1H3. The van der Waals surface area contributed by atoms with Crippen molar-refractivity contribution in [1.82, 2.24) is 0 Å². The Bertz CT molecular complexity index is 450. The smallest absolute Gasteiger partial charge is 0.177 e. The van der Waals surface area contributed by atoms with Gasteiger partial charge < -0.3 is 4.74 Å². The predicted molar refractivity (Wildman–Crippen MR) is 48.3 cm³/mol. The zero-order valence-electron chi connectivity index (χ0n) is 6.80. The van der Waals surface area contributed by atoms with Crippen LogP contribution in [-0.4, -0.2) is 7.11 Å². The van der Waals surface area contributed by atoms with E-state index in [0.717, 1.165) is 11.3 Å². The van der Waals surface area contributed by atoms with Crippen molar-refractivity contribution in [2.24, 2.45) is 0 Å². The molecule has 0 unspecified atom stereocenters. The second kappa shape index (κ2) is 2.96. The Labute approximate surface area is 77.6 Å². The van der Waals surface area contributed by atoms with E-state index in [0.29, 0.717) is 10.1 Å². The number of benzene rings is 1. The molecule has 0 saturated carbocycles. The molecule has 1 nitrogen and oxygen atoms in total. The number of hydrogen-bond donors (Lipinski definition) is 0. The number of thiophene rings is 1. The molecule has 0 spiro atoms. The van der Waals surface area contributed by atoms with Crippen LogP contribution >= 0.6 is 11.3 Å². The van der Waals surface area contributed by atoms with E-state index < -0.39 is 5.82 Å². The van der Waals surface area contributed by atoms with E-state index in [1.165, 1.54) is 19.2 Å². The quantitative estimate of drug-likeness (QED) is 0.687. The summed E-state index contributed by atoms with van der Waals surface area (Å²) < 4.78 is 31.4. The van der Waals surface area contributed by atoms with E-state index in [1.54, 1.807) is 6.07 Å². The maximum atomic E-state index is 13.1. The van der Waals surface area contributed by atoms with Gasteiger partial charge in [0.25, 0.3) is 0 Å². The van der Waals surface area contributed by atoms with E-state index in [1.807, 2.05) is 0 Å². The van der Waals surface area contributed by atoms with Crippen molar-refractivity contribution in [3.63, 3.8) is 0 Å². The van der Waals surface area contributed by atoms with Crippen LogP contribution in [0.15, 0.2) is 18.2 Å². The normalized spacial score (nSPS) is 10.7. The van der Waals surface area contributed by atoms with Gasteiger partial charge in [0.05, 0.1) is 7.11 Å². The average Bonchev–Trinajstić information content (AvgIpc) is 2.45. The average molecular weight is 200 g/mol. The molecule has 0 bridgehead atoms. The summed E-state index contributed by atoms with van der Waals surface area (Å²) in [6.45, 7) is 0. The molecule has 68 valence electrons. The second-order valence-electron chi connectivity index (χ2n) is 2.54. The summed E-state index contributed by atoms with van der Waals surface area (Å²) in [5, 5.41) is 0.156. The topological polar surface area (TPSA) is 9.23 Å². The Kier molecular flexibility index (Phi) is 1.92. The third-order valence-corrected chi connectivity index (χ3v) is 2.67. The van der Waals surface area contributed by atoms with Gasteiger partial charge in [-0.25, -0.2) is 4.39 Å². The molecule has 0 aliphatic heterocycles. The zero-order valence-corrected chi connectivity index (χ0v) is 7.62. The highest BCUT2D eigenvalue weighted by atomic mass is 32.1. The Morgan fingerprint density at radius 2 is 2.08 bits per heavy atom. The number of fused-ring (bicyclic) bond motifs is 1. The molecule has 0 radical (unpaired) electrons. The fraction of sp³-hybridized carbons (Fsp3) is 0.111. The first-order chi connectivity index (χ1) is 6.22. The Morgan fingerprint density at radius 3 is 2.77 bits per heavy atom. The van der Waals surface area contributed by atoms with Crippen molar-refractivity contribution in [2.75, 3.05) is 7.11 Å². The molecule has 1 aromatic heterocycles. The van der Waals surface area contributed by atoms with Gasteiger partial charge in [-0.15, -0.1) is 11.3 Å². The Hall–Kier alpha value is -1.16. The van der Waals surface area contributed by atoms with Crippen molar-refractivity contribution in [1.29, 1.82) is 0 Å². The fourth-order valence-corrected chi connectivity index (χ4v) is 2.02. The van der Waals surface area contributed by atoms with Crippen LogP contribution in [0.5, 0.6) is 5.75 Å². The van der Waals surface area contributed by atoms with Crippen LogP contribution in [0.25, 0.3) is 10.1 Å². The SMILES string of the molecule is COc1c(F)ccc2sc(F)cc12.